The molecular weight excluding hydrogens is 222 g/mol. The van der Waals surface area contributed by atoms with Gasteiger partial charge in [-0.05, 0) is 43.5 Å². The lowest BCUT2D eigenvalue weighted by atomic mass is 10.1. The molecule has 0 aliphatic carbocycles. The van der Waals surface area contributed by atoms with E-state index in [1.165, 1.54) is 35.5 Å². The first-order valence-corrected chi connectivity index (χ1v) is 6.91. The number of piperazine rings is 1. The summed E-state index contributed by atoms with van der Waals surface area (Å²) in [5, 5.41) is 6.95. The van der Waals surface area contributed by atoms with E-state index in [0.29, 0.717) is 0 Å². The molecule has 18 heavy (non-hydrogen) atoms. The number of hydrogen-bond acceptors (Lipinski definition) is 3. The van der Waals surface area contributed by atoms with Gasteiger partial charge in [0.1, 0.15) is 0 Å². The van der Waals surface area contributed by atoms with Crippen LogP contribution in [-0.4, -0.2) is 44.2 Å². The van der Waals surface area contributed by atoms with Crippen molar-refractivity contribution in [3.8, 4) is 0 Å². The second kappa shape index (κ2) is 6.21. The van der Waals surface area contributed by atoms with Crippen molar-refractivity contribution in [2.75, 3.05) is 44.6 Å². The molecule has 0 saturated carbocycles. The van der Waals surface area contributed by atoms with Crippen LogP contribution in [0.1, 0.15) is 16.7 Å². The average Bonchev–Trinajstić information content (AvgIpc) is 2.37. The number of aryl methyl sites for hydroxylation is 3. The third-order valence-corrected chi connectivity index (χ3v) is 3.79. The van der Waals surface area contributed by atoms with Crippen LogP contribution in [-0.2, 0) is 0 Å². The lowest BCUT2D eigenvalue weighted by molar-refractivity contribution is 0.249. The van der Waals surface area contributed by atoms with E-state index in [1.54, 1.807) is 0 Å². The van der Waals surface area contributed by atoms with Crippen LogP contribution < -0.4 is 10.6 Å². The molecule has 1 aromatic carbocycles. The van der Waals surface area contributed by atoms with Gasteiger partial charge in [-0.15, -0.1) is 0 Å². The molecule has 100 valence electrons. The first-order chi connectivity index (χ1) is 8.66. The van der Waals surface area contributed by atoms with Crippen LogP contribution in [0.25, 0.3) is 0 Å². The van der Waals surface area contributed by atoms with Crippen molar-refractivity contribution in [1.82, 2.24) is 10.2 Å². The molecule has 1 heterocycles. The largest absolute Gasteiger partial charge is 0.384 e. The summed E-state index contributed by atoms with van der Waals surface area (Å²) in [6.45, 7) is 13.3. The third kappa shape index (κ3) is 3.47. The van der Waals surface area contributed by atoms with Gasteiger partial charge in [0, 0.05) is 45.0 Å². The Morgan fingerprint density at radius 3 is 2.44 bits per heavy atom. The molecule has 0 atom stereocenters. The van der Waals surface area contributed by atoms with Crippen molar-refractivity contribution in [1.29, 1.82) is 0 Å². The van der Waals surface area contributed by atoms with Crippen molar-refractivity contribution in [3.05, 3.63) is 28.8 Å². The minimum absolute atomic E-state index is 1.03. The smallest absolute Gasteiger partial charge is 0.0373 e. The molecule has 3 nitrogen and oxygen atoms in total. The van der Waals surface area contributed by atoms with Crippen molar-refractivity contribution < 1.29 is 0 Å². The van der Waals surface area contributed by atoms with Crippen molar-refractivity contribution in [2.24, 2.45) is 0 Å². The molecule has 0 aromatic heterocycles. The minimum Gasteiger partial charge on any atom is -0.384 e. The zero-order valence-corrected chi connectivity index (χ0v) is 11.8. The summed E-state index contributed by atoms with van der Waals surface area (Å²) < 4.78 is 0. The fourth-order valence-electron chi connectivity index (χ4n) is 2.43. The highest BCUT2D eigenvalue weighted by Gasteiger charge is 2.08. The Bertz CT molecular complexity index is 395. The molecule has 1 saturated heterocycles. The standard InChI is InChI=1S/C15H25N3/c1-12-10-14(3)15(11-13(12)2)17-6-9-18-7-4-16-5-8-18/h10-11,16-17H,4-9H2,1-3H3. The Morgan fingerprint density at radius 1 is 1.06 bits per heavy atom. The molecule has 0 bridgehead atoms. The maximum atomic E-state index is 3.57. The summed E-state index contributed by atoms with van der Waals surface area (Å²) in [7, 11) is 0. The Kier molecular flexibility index (Phi) is 4.61. The summed E-state index contributed by atoms with van der Waals surface area (Å²) in [4.78, 5) is 2.51. The van der Waals surface area contributed by atoms with Crippen molar-refractivity contribution in [2.45, 2.75) is 20.8 Å². The molecule has 1 aromatic rings. The minimum atomic E-state index is 1.03. The normalized spacial score (nSPS) is 16.8. The Labute approximate surface area is 111 Å². The van der Waals surface area contributed by atoms with Gasteiger partial charge in [0.15, 0.2) is 0 Å². The SMILES string of the molecule is Cc1cc(C)c(NCCN2CCNCC2)cc1C. The first kappa shape index (κ1) is 13.4. The van der Waals surface area contributed by atoms with E-state index >= 15 is 0 Å². The van der Waals surface area contributed by atoms with Crippen molar-refractivity contribution >= 4 is 5.69 Å². The van der Waals surface area contributed by atoms with Crippen molar-refractivity contribution in [3.63, 3.8) is 0 Å². The Hall–Kier alpha value is -1.06. The summed E-state index contributed by atoms with van der Waals surface area (Å²) >= 11 is 0. The Morgan fingerprint density at radius 2 is 1.72 bits per heavy atom. The fraction of sp³-hybridized carbons (Fsp3) is 0.600. The number of anilines is 1. The van der Waals surface area contributed by atoms with Gasteiger partial charge in [0.25, 0.3) is 0 Å². The average molecular weight is 247 g/mol. The van der Waals surface area contributed by atoms with Crippen LogP contribution in [0.15, 0.2) is 12.1 Å². The van der Waals surface area contributed by atoms with E-state index in [-0.39, 0.29) is 0 Å². The summed E-state index contributed by atoms with van der Waals surface area (Å²) in [6, 6.07) is 4.53. The zero-order chi connectivity index (χ0) is 13.0. The molecule has 1 fully saturated rings. The third-order valence-electron chi connectivity index (χ3n) is 3.79. The first-order valence-electron chi connectivity index (χ1n) is 6.91. The highest BCUT2D eigenvalue weighted by molar-refractivity contribution is 5.54. The lowest BCUT2D eigenvalue weighted by Crippen LogP contribution is -2.45. The van der Waals surface area contributed by atoms with Gasteiger partial charge >= 0.3 is 0 Å². The molecule has 2 N–H and O–H groups in total. The van der Waals surface area contributed by atoms with Gasteiger partial charge in [0.2, 0.25) is 0 Å². The van der Waals surface area contributed by atoms with Gasteiger partial charge in [-0.1, -0.05) is 6.07 Å². The molecule has 0 unspecified atom stereocenters. The lowest BCUT2D eigenvalue weighted by Gasteiger charge is -2.27. The molecular formula is C15H25N3. The second-order valence-corrected chi connectivity index (χ2v) is 5.27. The van der Waals surface area contributed by atoms with Gasteiger partial charge in [-0.3, -0.25) is 4.90 Å². The number of benzene rings is 1. The second-order valence-electron chi connectivity index (χ2n) is 5.27. The number of hydrogen-bond donors (Lipinski definition) is 2. The fourth-order valence-corrected chi connectivity index (χ4v) is 2.43. The van der Waals surface area contributed by atoms with Gasteiger partial charge in [-0.2, -0.15) is 0 Å². The van der Waals surface area contributed by atoms with Crippen LogP contribution >= 0.6 is 0 Å². The van der Waals surface area contributed by atoms with Crippen LogP contribution in [0.4, 0.5) is 5.69 Å². The summed E-state index contributed by atoms with van der Waals surface area (Å²) in [5.41, 5.74) is 5.37. The molecule has 1 aliphatic rings. The topological polar surface area (TPSA) is 27.3 Å². The van der Waals surface area contributed by atoms with Crippen LogP contribution in [0.2, 0.25) is 0 Å². The highest BCUT2D eigenvalue weighted by Crippen LogP contribution is 2.19. The molecule has 3 heteroatoms. The molecule has 2 rings (SSSR count). The maximum absolute atomic E-state index is 3.57. The van der Waals surface area contributed by atoms with Gasteiger partial charge < -0.3 is 10.6 Å². The summed E-state index contributed by atoms with van der Waals surface area (Å²) in [6.07, 6.45) is 0. The van der Waals surface area contributed by atoms with E-state index in [9.17, 15) is 0 Å². The summed E-state index contributed by atoms with van der Waals surface area (Å²) in [5.74, 6) is 0. The number of nitrogens with one attached hydrogen (secondary N) is 2. The van der Waals surface area contributed by atoms with Gasteiger partial charge in [-0.25, -0.2) is 0 Å². The predicted octanol–water partition coefficient (Wildman–Crippen LogP) is 1.93. The van der Waals surface area contributed by atoms with E-state index in [4.69, 9.17) is 0 Å². The number of nitrogens with zero attached hydrogens (tertiary/aromatic N) is 1. The van der Waals surface area contributed by atoms with E-state index < -0.39 is 0 Å². The maximum Gasteiger partial charge on any atom is 0.0373 e. The molecule has 0 radical (unpaired) electrons. The van der Waals surface area contributed by atoms with Gasteiger partial charge in [0.05, 0.1) is 0 Å². The molecule has 1 aliphatic heterocycles. The van der Waals surface area contributed by atoms with Crippen LogP contribution in [0, 0.1) is 20.8 Å². The Balaban J connectivity index is 1.84. The van der Waals surface area contributed by atoms with E-state index in [0.717, 1.165) is 26.2 Å². The molecule has 0 spiro atoms. The van der Waals surface area contributed by atoms with Crippen LogP contribution in [0.3, 0.4) is 0 Å². The van der Waals surface area contributed by atoms with Crippen LogP contribution in [0.5, 0.6) is 0 Å². The quantitative estimate of drug-likeness (QED) is 0.851. The van der Waals surface area contributed by atoms with E-state index in [1.807, 2.05) is 0 Å². The predicted molar refractivity (Wildman–Crippen MR) is 78.5 cm³/mol. The number of rotatable bonds is 4. The molecule has 0 amide bonds. The monoisotopic (exact) mass is 247 g/mol. The highest BCUT2D eigenvalue weighted by atomic mass is 15.2. The zero-order valence-electron chi connectivity index (χ0n) is 11.8. The van der Waals surface area contributed by atoms with E-state index in [2.05, 4.69) is 48.4 Å².